The van der Waals surface area contributed by atoms with Crippen molar-refractivity contribution in [3.8, 4) is 11.5 Å². The molecule has 38 heavy (non-hydrogen) atoms. The number of hydrogen-bond acceptors (Lipinski definition) is 6. The average Bonchev–Trinajstić information content (AvgIpc) is 3.25. The number of aromatic nitrogens is 1. The van der Waals surface area contributed by atoms with Gasteiger partial charge >= 0.3 is 0 Å². The van der Waals surface area contributed by atoms with Crippen LogP contribution < -0.4 is 19.8 Å². The molecule has 3 aromatic carbocycles. The Kier molecular flexibility index (Phi) is 6.05. The van der Waals surface area contributed by atoms with Crippen molar-refractivity contribution in [2.45, 2.75) is 12.6 Å². The summed E-state index contributed by atoms with van der Waals surface area (Å²) in [5.74, 6) is 0.906. The molecule has 0 saturated carbocycles. The molecular weight excluding hydrogens is 504 g/mol. The van der Waals surface area contributed by atoms with Gasteiger partial charge in [0.2, 0.25) is 5.76 Å². The maximum absolute atomic E-state index is 13.8. The number of pyridine rings is 1. The van der Waals surface area contributed by atoms with Crippen LogP contribution in [-0.2, 0) is 6.61 Å². The van der Waals surface area contributed by atoms with Gasteiger partial charge in [-0.3, -0.25) is 14.5 Å². The van der Waals surface area contributed by atoms with Crippen molar-refractivity contribution < 1.29 is 18.7 Å². The summed E-state index contributed by atoms with van der Waals surface area (Å²) >= 11 is 6.18. The van der Waals surface area contributed by atoms with Gasteiger partial charge in [-0.05, 0) is 53.6 Å². The van der Waals surface area contributed by atoms with Gasteiger partial charge in [-0.15, -0.1) is 0 Å². The highest BCUT2D eigenvalue weighted by Gasteiger charge is 2.44. The number of ether oxygens (including phenoxy) is 2. The SMILES string of the molecule is COc1cc(C2c3c(oc4ccc(Cl)cc4c3=O)C(=O)N2c2ccccn2)ccc1OCc1ccccc1. The van der Waals surface area contributed by atoms with E-state index in [1.807, 2.05) is 36.4 Å². The smallest absolute Gasteiger partial charge is 0.296 e. The molecule has 2 aromatic heterocycles. The molecule has 1 aliphatic rings. The van der Waals surface area contributed by atoms with E-state index in [2.05, 4.69) is 4.98 Å². The van der Waals surface area contributed by atoms with Crippen molar-refractivity contribution in [3.05, 3.63) is 129 Å². The lowest BCUT2D eigenvalue weighted by molar-refractivity contribution is 0.0970. The lowest BCUT2D eigenvalue weighted by Gasteiger charge is -2.25. The highest BCUT2D eigenvalue weighted by Crippen LogP contribution is 2.43. The number of carbonyl (C=O) groups excluding carboxylic acids is 1. The fraction of sp³-hybridized carbons (Fsp3) is 0.100. The Morgan fingerprint density at radius 2 is 1.76 bits per heavy atom. The van der Waals surface area contributed by atoms with E-state index in [0.29, 0.717) is 39.9 Å². The number of anilines is 1. The van der Waals surface area contributed by atoms with Gasteiger partial charge in [-0.2, -0.15) is 0 Å². The van der Waals surface area contributed by atoms with Crippen molar-refractivity contribution in [3.63, 3.8) is 0 Å². The van der Waals surface area contributed by atoms with Gasteiger partial charge in [0.05, 0.1) is 24.1 Å². The number of carbonyl (C=O) groups is 1. The minimum atomic E-state index is -0.802. The summed E-state index contributed by atoms with van der Waals surface area (Å²) in [4.78, 5) is 33.3. The second-order valence-corrected chi connectivity index (χ2v) is 9.20. The van der Waals surface area contributed by atoms with Crippen molar-refractivity contribution in [1.82, 2.24) is 4.98 Å². The van der Waals surface area contributed by atoms with Crippen LogP contribution in [0.5, 0.6) is 11.5 Å². The number of halogens is 1. The molecule has 0 saturated heterocycles. The molecule has 0 fully saturated rings. The molecule has 6 rings (SSSR count). The van der Waals surface area contributed by atoms with E-state index in [1.165, 1.54) is 4.90 Å². The minimum absolute atomic E-state index is 0.0242. The number of hydrogen-bond donors (Lipinski definition) is 0. The Bertz CT molecular complexity index is 1720. The number of rotatable bonds is 6. The lowest BCUT2D eigenvalue weighted by Crippen LogP contribution is -2.30. The van der Waals surface area contributed by atoms with Crippen LogP contribution in [0.2, 0.25) is 5.02 Å². The summed E-state index contributed by atoms with van der Waals surface area (Å²) in [6, 6.07) is 24.4. The van der Waals surface area contributed by atoms with E-state index in [0.717, 1.165) is 5.56 Å². The molecule has 1 aliphatic heterocycles. The second kappa shape index (κ2) is 9.68. The van der Waals surface area contributed by atoms with Gasteiger partial charge in [0, 0.05) is 11.2 Å². The first-order valence-corrected chi connectivity index (χ1v) is 12.3. The Morgan fingerprint density at radius 1 is 0.947 bits per heavy atom. The van der Waals surface area contributed by atoms with E-state index < -0.39 is 11.9 Å². The molecule has 1 atom stereocenters. The molecule has 0 aliphatic carbocycles. The third kappa shape index (κ3) is 4.07. The number of fused-ring (bicyclic) bond motifs is 2. The summed E-state index contributed by atoms with van der Waals surface area (Å²) in [5, 5.41) is 0.695. The fourth-order valence-corrected chi connectivity index (χ4v) is 4.87. The molecule has 0 bridgehead atoms. The Hall–Kier alpha value is -4.62. The predicted molar refractivity (Wildman–Crippen MR) is 144 cm³/mol. The van der Waals surface area contributed by atoms with Crippen LogP contribution in [0.4, 0.5) is 5.82 Å². The molecule has 1 amide bonds. The van der Waals surface area contributed by atoms with Gasteiger partial charge in [0.1, 0.15) is 18.0 Å². The lowest BCUT2D eigenvalue weighted by atomic mass is 9.98. The van der Waals surface area contributed by atoms with Crippen LogP contribution in [0, 0.1) is 0 Å². The van der Waals surface area contributed by atoms with Crippen molar-refractivity contribution >= 4 is 34.3 Å². The number of nitrogens with zero attached hydrogens (tertiary/aromatic N) is 2. The molecule has 1 unspecified atom stereocenters. The first kappa shape index (κ1) is 23.8. The van der Waals surface area contributed by atoms with Crippen LogP contribution in [0.3, 0.4) is 0 Å². The Labute approximate surface area is 222 Å². The largest absolute Gasteiger partial charge is 0.493 e. The van der Waals surface area contributed by atoms with Crippen LogP contribution in [-0.4, -0.2) is 18.0 Å². The fourth-order valence-electron chi connectivity index (χ4n) is 4.70. The number of benzene rings is 3. The number of methoxy groups -OCH3 is 1. The van der Waals surface area contributed by atoms with Crippen LogP contribution in [0.15, 0.2) is 100 Å². The number of amides is 1. The van der Waals surface area contributed by atoms with Crippen LogP contribution in [0.25, 0.3) is 11.0 Å². The highest BCUT2D eigenvalue weighted by molar-refractivity contribution is 6.31. The van der Waals surface area contributed by atoms with E-state index in [-0.39, 0.29) is 22.3 Å². The monoisotopic (exact) mass is 524 g/mol. The highest BCUT2D eigenvalue weighted by atomic mass is 35.5. The summed E-state index contributed by atoms with van der Waals surface area (Å²) in [6.45, 7) is 0.359. The predicted octanol–water partition coefficient (Wildman–Crippen LogP) is 6.18. The third-order valence-corrected chi connectivity index (χ3v) is 6.70. The van der Waals surface area contributed by atoms with Gasteiger partial charge in [-0.25, -0.2) is 4.98 Å². The van der Waals surface area contributed by atoms with E-state index in [1.54, 1.807) is 61.8 Å². The zero-order valence-corrected chi connectivity index (χ0v) is 21.0. The van der Waals surface area contributed by atoms with Crippen LogP contribution >= 0.6 is 11.6 Å². The third-order valence-electron chi connectivity index (χ3n) is 6.47. The molecule has 188 valence electrons. The van der Waals surface area contributed by atoms with E-state index >= 15 is 0 Å². The van der Waals surface area contributed by atoms with Crippen LogP contribution in [0.1, 0.15) is 33.3 Å². The second-order valence-electron chi connectivity index (χ2n) is 8.76. The minimum Gasteiger partial charge on any atom is -0.493 e. The van der Waals surface area contributed by atoms with Crippen molar-refractivity contribution in [1.29, 1.82) is 0 Å². The summed E-state index contributed by atoms with van der Waals surface area (Å²) in [5.41, 5.74) is 1.83. The van der Waals surface area contributed by atoms with Crippen molar-refractivity contribution in [2.75, 3.05) is 12.0 Å². The quantitative estimate of drug-likeness (QED) is 0.264. The molecule has 5 aromatic rings. The summed E-state index contributed by atoms with van der Waals surface area (Å²) in [7, 11) is 1.54. The standard InChI is InChI=1S/C30H21ClN2O5/c1-36-24-15-19(10-12-23(24)37-17-18-7-3-2-4-8-18)27-26-28(34)21-16-20(31)11-13-22(21)38-29(26)30(35)33(27)25-9-5-6-14-32-25/h2-16,27H,17H2,1H3. The molecule has 8 heteroatoms. The topological polar surface area (TPSA) is 81.9 Å². The first-order valence-electron chi connectivity index (χ1n) is 11.9. The summed E-state index contributed by atoms with van der Waals surface area (Å²) in [6.07, 6.45) is 1.59. The Balaban J connectivity index is 1.49. The maximum Gasteiger partial charge on any atom is 0.296 e. The van der Waals surface area contributed by atoms with Gasteiger partial charge < -0.3 is 13.9 Å². The molecule has 0 N–H and O–H groups in total. The Morgan fingerprint density at radius 3 is 2.53 bits per heavy atom. The normalized spacial score (nSPS) is 14.5. The molecule has 0 radical (unpaired) electrons. The first-order chi connectivity index (χ1) is 18.5. The van der Waals surface area contributed by atoms with E-state index in [9.17, 15) is 9.59 Å². The molecule has 7 nitrogen and oxygen atoms in total. The van der Waals surface area contributed by atoms with Gasteiger partial charge in [0.25, 0.3) is 5.91 Å². The molecule has 3 heterocycles. The van der Waals surface area contributed by atoms with E-state index in [4.69, 9.17) is 25.5 Å². The maximum atomic E-state index is 13.8. The molecular formula is C30H21ClN2O5. The molecule has 0 spiro atoms. The summed E-state index contributed by atoms with van der Waals surface area (Å²) < 4.78 is 17.6. The average molecular weight is 525 g/mol. The van der Waals surface area contributed by atoms with Gasteiger partial charge in [0.15, 0.2) is 16.9 Å². The zero-order valence-electron chi connectivity index (χ0n) is 20.3. The van der Waals surface area contributed by atoms with Crippen molar-refractivity contribution in [2.24, 2.45) is 0 Å². The van der Waals surface area contributed by atoms with Gasteiger partial charge in [-0.1, -0.05) is 54.1 Å². The zero-order chi connectivity index (χ0) is 26.2.